The molecule has 0 aromatic heterocycles. The molecule has 0 bridgehead atoms. The standard InChI is InChI=1S/C18H24N2.C18H22N2/c2*1-14(2)13-15(3)19-17-9-11-18(12-10-17)20-16-7-5-4-6-8-16/h4-12,14-15,19-20H,13H2,1-3H3;4-12,14-15H,13H2,1-3H3. The topological polar surface area (TPSA) is 48.8 Å². The molecule has 4 rings (SSSR count). The van der Waals surface area contributed by atoms with E-state index in [-0.39, 0.29) is 0 Å². The molecule has 1 aliphatic rings. The highest BCUT2D eigenvalue weighted by molar-refractivity contribution is 6.19. The Morgan fingerprint density at radius 1 is 0.550 bits per heavy atom. The monoisotopic (exact) mass is 534 g/mol. The van der Waals surface area contributed by atoms with Crippen molar-refractivity contribution in [3.8, 4) is 0 Å². The van der Waals surface area contributed by atoms with Crippen LogP contribution in [-0.4, -0.2) is 23.5 Å². The van der Waals surface area contributed by atoms with E-state index in [0.29, 0.717) is 18.0 Å². The summed E-state index contributed by atoms with van der Waals surface area (Å²) in [7, 11) is 0. The van der Waals surface area contributed by atoms with Gasteiger partial charge in [0.25, 0.3) is 0 Å². The lowest BCUT2D eigenvalue weighted by Crippen LogP contribution is -2.17. The largest absolute Gasteiger partial charge is 0.383 e. The van der Waals surface area contributed by atoms with Gasteiger partial charge in [-0.15, -0.1) is 0 Å². The van der Waals surface area contributed by atoms with Gasteiger partial charge in [0.05, 0.1) is 17.1 Å². The van der Waals surface area contributed by atoms with Gasteiger partial charge in [0.15, 0.2) is 0 Å². The van der Waals surface area contributed by atoms with Gasteiger partial charge in [0.2, 0.25) is 0 Å². The third-order valence-electron chi connectivity index (χ3n) is 6.23. The Kier molecular flexibility index (Phi) is 12.4. The maximum atomic E-state index is 4.71. The van der Waals surface area contributed by atoms with E-state index in [1.807, 2.05) is 72.8 Å². The fraction of sp³-hybridized carbons (Fsp3) is 0.333. The molecule has 0 aliphatic heterocycles. The Morgan fingerprint density at radius 2 is 1.05 bits per heavy atom. The highest BCUT2D eigenvalue weighted by Gasteiger charge is 2.06. The lowest BCUT2D eigenvalue weighted by molar-refractivity contribution is 0.522. The number of rotatable bonds is 10. The predicted molar refractivity (Wildman–Crippen MR) is 177 cm³/mol. The van der Waals surface area contributed by atoms with Crippen molar-refractivity contribution in [3.63, 3.8) is 0 Å². The number of hydrogen-bond acceptors (Lipinski definition) is 4. The molecular formula is C36H46N4. The first-order valence-electron chi connectivity index (χ1n) is 14.5. The predicted octanol–water partition coefficient (Wildman–Crippen LogP) is 10.0. The lowest BCUT2D eigenvalue weighted by Gasteiger charge is -2.17. The maximum absolute atomic E-state index is 4.71. The molecule has 3 aromatic rings. The van der Waals surface area contributed by atoms with Gasteiger partial charge in [-0.1, -0.05) is 64.1 Å². The van der Waals surface area contributed by atoms with Crippen LogP contribution >= 0.6 is 0 Å². The van der Waals surface area contributed by atoms with Gasteiger partial charge in [-0.25, -0.2) is 4.99 Å². The number of aliphatic imine (C=N–C) groups is 2. The smallest absolute Gasteiger partial charge is 0.0638 e. The summed E-state index contributed by atoms with van der Waals surface area (Å²) >= 11 is 0. The van der Waals surface area contributed by atoms with E-state index in [2.05, 4.69) is 93.6 Å². The van der Waals surface area contributed by atoms with Crippen LogP contribution in [0.15, 0.2) is 119 Å². The number of hydrogen-bond donors (Lipinski definition) is 2. The van der Waals surface area contributed by atoms with Crippen molar-refractivity contribution in [3.05, 3.63) is 109 Å². The zero-order valence-electron chi connectivity index (χ0n) is 25.0. The molecule has 2 N–H and O–H groups in total. The Balaban J connectivity index is 0.000000220. The van der Waals surface area contributed by atoms with Crippen molar-refractivity contribution in [2.24, 2.45) is 21.8 Å². The van der Waals surface area contributed by atoms with Gasteiger partial charge in [-0.05, 0) is 111 Å². The summed E-state index contributed by atoms with van der Waals surface area (Å²) in [6.45, 7) is 13.4. The molecule has 4 heteroatoms. The first-order chi connectivity index (χ1) is 19.3. The number of nitrogens with zero attached hydrogens (tertiary/aromatic N) is 2. The van der Waals surface area contributed by atoms with Crippen LogP contribution in [0.3, 0.4) is 0 Å². The van der Waals surface area contributed by atoms with Crippen molar-refractivity contribution in [1.82, 2.24) is 0 Å². The van der Waals surface area contributed by atoms with E-state index < -0.39 is 0 Å². The van der Waals surface area contributed by atoms with Gasteiger partial charge < -0.3 is 10.6 Å². The Morgan fingerprint density at radius 3 is 1.62 bits per heavy atom. The number of para-hydroxylation sites is 2. The number of allylic oxidation sites excluding steroid dienone is 4. The van der Waals surface area contributed by atoms with Gasteiger partial charge in [0, 0.05) is 29.1 Å². The molecule has 0 saturated carbocycles. The highest BCUT2D eigenvalue weighted by atomic mass is 14.9. The van der Waals surface area contributed by atoms with E-state index in [1.54, 1.807) is 0 Å². The molecule has 0 amide bonds. The van der Waals surface area contributed by atoms with Crippen molar-refractivity contribution < 1.29 is 0 Å². The quantitative estimate of drug-likeness (QED) is 0.254. The molecule has 0 radical (unpaired) electrons. The van der Waals surface area contributed by atoms with Gasteiger partial charge in [-0.2, -0.15) is 0 Å². The summed E-state index contributed by atoms with van der Waals surface area (Å²) in [4.78, 5) is 9.27. The normalized spacial score (nSPS) is 13.9. The van der Waals surface area contributed by atoms with Gasteiger partial charge in [-0.3, -0.25) is 4.99 Å². The summed E-state index contributed by atoms with van der Waals surface area (Å²) in [5, 5.41) is 6.93. The van der Waals surface area contributed by atoms with E-state index in [1.165, 1.54) is 12.1 Å². The second-order valence-electron chi connectivity index (χ2n) is 11.3. The number of benzene rings is 3. The lowest BCUT2D eigenvalue weighted by atomic mass is 10.1. The molecule has 0 spiro atoms. The van der Waals surface area contributed by atoms with Crippen molar-refractivity contribution in [2.75, 3.05) is 10.6 Å². The SMILES string of the molecule is CC(C)CC(C)N=C1C=CC(=Nc2ccccc2)C=C1.CC(C)CC(C)Nc1ccc(Nc2ccccc2)cc1. The zero-order valence-corrected chi connectivity index (χ0v) is 25.0. The minimum absolute atomic E-state index is 0.368. The molecule has 1 aliphatic carbocycles. The Bertz CT molecular complexity index is 1240. The Hall–Kier alpha value is -3.92. The average Bonchev–Trinajstić information content (AvgIpc) is 2.92. The van der Waals surface area contributed by atoms with Crippen LogP contribution in [0.1, 0.15) is 54.4 Å². The van der Waals surface area contributed by atoms with Crippen LogP contribution in [0.2, 0.25) is 0 Å². The Labute approximate surface area is 242 Å². The summed E-state index contributed by atoms with van der Waals surface area (Å²) in [5.41, 5.74) is 6.37. The van der Waals surface area contributed by atoms with Crippen molar-refractivity contribution in [1.29, 1.82) is 0 Å². The molecule has 0 fully saturated rings. The van der Waals surface area contributed by atoms with Crippen LogP contribution in [-0.2, 0) is 0 Å². The van der Waals surface area contributed by atoms with Crippen LogP contribution in [0, 0.1) is 11.8 Å². The molecule has 3 aromatic carbocycles. The minimum Gasteiger partial charge on any atom is -0.383 e. The van der Waals surface area contributed by atoms with E-state index in [9.17, 15) is 0 Å². The van der Waals surface area contributed by atoms with E-state index in [0.717, 1.165) is 40.8 Å². The third kappa shape index (κ3) is 11.9. The summed E-state index contributed by atoms with van der Waals surface area (Å²) < 4.78 is 0. The third-order valence-corrected chi connectivity index (χ3v) is 6.23. The fourth-order valence-electron chi connectivity index (χ4n) is 4.64. The molecule has 2 atom stereocenters. The van der Waals surface area contributed by atoms with Crippen LogP contribution in [0.25, 0.3) is 0 Å². The summed E-state index contributed by atoms with van der Waals surface area (Å²) in [6, 6.07) is 29.6. The van der Waals surface area contributed by atoms with Crippen LogP contribution in [0.4, 0.5) is 22.7 Å². The fourth-order valence-corrected chi connectivity index (χ4v) is 4.64. The van der Waals surface area contributed by atoms with Crippen molar-refractivity contribution >= 4 is 34.2 Å². The van der Waals surface area contributed by atoms with E-state index in [4.69, 9.17) is 4.99 Å². The molecule has 40 heavy (non-hydrogen) atoms. The van der Waals surface area contributed by atoms with E-state index >= 15 is 0 Å². The van der Waals surface area contributed by atoms with Crippen LogP contribution < -0.4 is 10.6 Å². The van der Waals surface area contributed by atoms with Crippen molar-refractivity contribution in [2.45, 2.75) is 66.5 Å². The summed E-state index contributed by atoms with van der Waals surface area (Å²) in [6.07, 6.45) is 10.4. The second kappa shape index (κ2) is 16.2. The maximum Gasteiger partial charge on any atom is 0.0638 e. The number of anilines is 3. The minimum atomic E-state index is 0.368. The number of nitrogens with one attached hydrogen (secondary N) is 2. The molecule has 0 heterocycles. The molecule has 2 unspecified atom stereocenters. The first-order valence-corrected chi connectivity index (χ1v) is 14.5. The molecule has 210 valence electrons. The first kappa shape index (κ1) is 30.6. The zero-order chi connectivity index (χ0) is 28.7. The highest BCUT2D eigenvalue weighted by Crippen LogP contribution is 2.20. The molecular weight excluding hydrogens is 488 g/mol. The van der Waals surface area contributed by atoms with Gasteiger partial charge in [0.1, 0.15) is 0 Å². The summed E-state index contributed by atoms with van der Waals surface area (Å²) in [5.74, 6) is 1.40. The second-order valence-corrected chi connectivity index (χ2v) is 11.3. The average molecular weight is 535 g/mol. The molecule has 4 nitrogen and oxygen atoms in total. The van der Waals surface area contributed by atoms with Crippen LogP contribution in [0.5, 0.6) is 0 Å². The molecule has 0 saturated heterocycles. The van der Waals surface area contributed by atoms with Gasteiger partial charge >= 0.3 is 0 Å².